The van der Waals surface area contributed by atoms with Gasteiger partial charge in [-0.25, -0.2) is 4.98 Å². The molecular formula is C17H12N2O. The van der Waals surface area contributed by atoms with Crippen molar-refractivity contribution in [2.24, 2.45) is 0 Å². The van der Waals surface area contributed by atoms with Crippen LogP contribution in [-0.4, -0.2) is 9.55 Å². The number of rotatable bonds is 2. The van der Waals surface area contributed by atoms with Gasteiger partial charge >= 0.3 is 0 Å². The lowest BCUT2D eigenvalue weighted by Gasteiger charge is -2.05. The zero-order valence-corrected chi connectivity index (χ0v) is 10.7. The van der Waals surface area contributed by atoms with Gasteiger partial charge in [0.2, 0.25) is 0 Å². The maximum atomic E-state index is 5.40. The second-order valence-electron chi connectivity index (χ2n) is 4.63. The smallest absolute Gasteiger partial charge is 0.133 e. The van der Waals surface area contributed by atoms with Crippen molar-refractivity contribution >= 4 is 11.0 Å². The van der Waals surface area contributed by atoms with E-state index in [0.29, 0.717) is 0 Å². The fraction of sp³-hybridized carbons (Fsp3) is 0. The van der Waals surface area contributed by atoms with Crippen molar-refractivity contribution in [2.45, 2.75) is 0 Å². The van der Waals surface area contributed by atoms with Gasteiger partial charge in [0, 0.05) is 11.3 Å². The molecule has 0 radical (unpaired) electrons. The highest BCUT2D eigenvalue weighted by atomic mass is 16.3. The quantitative estimate of drug-likeness (QED) is 0.538. The van der Waals surface area contributed by atoms with Crippen LogP contribution in [0.5, 0.6) is 0 Å². The Kier molecular flexibility index (Phi) is 2.42. The van der Waals surface area contributed by atoms with Crippen LogP contribution >= 0.6 is 0 Å². The van der Waals surface area contributed by atoms with Crippen LogP contribution < -0.4 is 0 Å². The first-order valence-corrected chi connectivity index (χ1v) is 6.48. The third-order valence-corrected chi connectivity index (χ3v) is 3.40. The monoisotopic (exact) mass is 260 g/mol. The van der Waals surface area contributed by atoms with E-state index >= 15 is 0 Å². The normalized spacial score (nSPS) is 11.0. The molecule has 0 amide bonds. The Hall–Kier alpha value is -2.81. The van der Waals surface area contributed by atoms with Crippen molar-refractivity contribution in [3.05, 3.63) is 73.3 Å². The summed E-state index contributed by atoms with van der Waals surface area (Å²) in [6, 6.07) is 20.2. The van der Waals surface area contributed by atoms with Gasteiger partial charge in [0.15, 0.2) is 0 Å². The van der Waals surface area contributed by atoms with Crippen molar-refractivity contribution in [1.82, 2.24) is 9.55 Å². The van der Waals surface area contributed by atoms with Gasteiger partial charge in [-0.05, 0) is 48.5 Å². The van der Waals surface area contributed by atoms with Crippen LogP contribution in [0.15, 0.2) is 77.7 Å². The number of aromatic nitrogens is 2. The minimum atomic E-state index is 0.882. The summed E-state index contributed by atoms with van der Waals surface area (Å²) in [6.07, 6.45) is 3.54. The van der Waals surface area contributed by atoms with Crippen LogP contribution in [0.4, 0.5) is 0 Å². The molecule has 0 aliphatic heterocycles. The molecule has 0 bridgehead atoms. The van der Waals surface area contributed by atoms with Crippen LogP contribution in [0.2, 0.25) is 0 Å². The zero-order chi connectivity index (χ0) is 13.4. The molecule has 3 nitrogen and oxygen atoms in total. The molecule has 2 aromatic carbocycles. The number of imidazole rings is 1. The van der Waals surface area contributed by atoms with Crippen molar-refractivity contribution in [1.29, 1.82) is 0 Å². The number of benzene rings is 2. The van der Waals surface area contributed by atoms with E-state index in [0.717, 1.165) is 28.0 Å². The molecule has 0 saturated carbocycles. The number of hydrogen-bond acceptors (Lipinski definition) is 2. The minimum Gasteiger partial charge on any atom is -0.464 e. The summed E-state index contributed by atoms with van der Waals surface area (Å²) in [5, 5.41) is 0. The lowest BCUT2D eigenvalue weighted by molar-refractivity contribution is 0.582. The topological polar surface area (TPSA) is 31.0 Å². The Morgan fingerprint density at radius 1 is 0.850 bits per heavy atom. The standard InChI is InChI=1S/C17H12N2O/c1-2-5-16-15(4-1)18-12-19(16)14-9-7-13(8-10-14)17-6-3-11-20-17/h1-12H. The number of nitrogens with zero attached hydrogens (tertiary/aromatic N) is 2. The zero-order valence-electron chi connectivity index (χ0n) is 10.7. The van der Waals surface area contributed by atoms with Crippen LogP contribution in [0.3, 0.4) is 0 Å². The molecular weight excluding hydrogens is 248 g/mol. The molecule has 0 spiro atoms. The highest BCUT2D eigenvalue weighted by Crippen LogP contribution is 2.23. The Bertz CT molecular complexity index is 842. The van der Waals surface area contributed by atoms with Crippen molar-refractivity contribution < 1.29 is 4.42 Å². The summed E-state index contributed by atoms with van der Waals surface area (Å²) >= 11 is 0. The van der Waals surface area contributed by atoms with Gasteiger partial charge in [0.05, 0.1) is 17.3 Å². The molecule has 4 rings (SSSR count). The van der Waals surface area contributed by atoms with Crippen LogP contribution in [0, 0.1) is 0 Å². The van der Waals surface area contributed by atoms with E-state index in [2.05, 4.69) is 39.9 Å². The lowest BCUT2D eigenvalue weighted by atomic mass is 10.1. The van der Waals surface area contributed by atoms with Gasteiger partial charge in [-0.1, -0.05) is 12.1 Å². The predicted molar refractivity (Wildman–Crippen MR) is 78.8 cm³/mol. The molecule has 2 aromatic heterocycles. The van der Waals surface area contributed by atoms with Crippen LogP contribution in [-0.2, 0) is 0 Å². The maximum Gasteiger partial charge on any atom is 0.133 e. The van der Waals surface area contributed by atoms with E-state index in [-0.39, 0.29) is 0 Å². The van der Waals surface area contributed by atoms with Crippen molar-refractivity contribution in [3.63, 3.8) is 0 Å². The van der Waals surface area contributed by atoms with Gasteiger partial charge in [-0.2, -0.15) is 0 Å². The molecule has 4 aromatic rings. The first-order chi connectivity index (χ1) is 9.92. The van der Waals surface area contributed by atoms with E-state index in [1.165, 1.54) is 0 Å². The van der Waals surface area contributed by atoms with Crippen molar-refractivity contribution in [2.75, 3.05) is 0 Å². The summed E-state index contributed by atoms with van der Waals surface area (Å²) in [5.74, 6) is 0.882. The average Bonchev–Trinajstić information content (AvgIpc) is 3.17. The van der Waals surface area contributed by atoms with E-state index < -0.39 is 0 Å². The second kappa shape index (κ2) is 4.38. The third kappa shape index (κ3) is 1.72. The van der Waals surface area contributed by atoms with E-state index in [1.54, 1.807) is 6.26 Å². The summed E-state index contributed by atoms with van der Waals surface area (Å²) in [4.78, 5) is 4.41. The Balaban J connectivity index is 1.79. The molecule has 0 N–H and O–H groups in total. The summed E-state index contributed by atoms with van der Waals surface area (Å²) < 4.78 is 7.49. The molecule has 96 valence electrons. The SMILES string of the molecule is c1coc(-c2ccc(-n3cnc4ccccc43)cc2)c1. The fourth-order valence-corrected chi connectivity index (χ4v) is 2.39. The first kappa shape index (κ1) is 11.1. The summed E-state index contributed by atoms with van der Waals surface area (Å²) in [7, 11) is 0. The van der Waals surface area contributed by atoms with E-state index in [9.17, 15) is 0 Å². The number of fused-ring (bicyclic) bond motifs is 1. The summed E-state index contributed by atoms with van der Waals surface area (Å²) in [6.45, 7) is 0. The number of para-hydroxylation sites is 2. The highest BCUT2D eigenvalue weighted by Gasteiger charge is 2.05. The molecule has 0 aliphatic rings. The largest absolute Gasteiger partial charge is 0.464 e. The molecule has 0 aliphatic carbocycles. The van der Waals surface area contributed by atoms with Gasteiger partial charge in [0.25, 0.3) is 0 Å². The lowest BCUT2D eigenvalue weighted by Crippen LogP contribution is -1.91. The molecule has 0 atom stereocenters. The molecule has 3 heteroatoms. The Morgan fingerprint density at radius 2 is 1.70 bits per heavy atom. The van der Waals surface area contributed by atoms with E-state index in [1.807, 2.05) is 36.7 Å². The Labute approximate surface area is 116 Å². The minimum absolute atomic E-state index is 0.882. The first-order valence-electron chi connectivity index (χ1n) is 6.48. The molecule has 0 saturated heterocycles. The van der Waals surface area contributed by atoms with Crippen LogP contribution in [0.1, 0.15) is 0 Å². The van der Waals surface area contributed by atoms with E-state index in [4.69, 9.17) is 4.42 Å². The maximum absolute atomic E-state index is 5.40. The predicted octanol–water partition coefficient (Wildman–Crippen LogP) is 4.29. The molecule has 2 heterocycles. The molecule has 0 unspecified atom stereocenters. The number of furan rings is 1. The fourth-order valence-electron chi connectivity index (χ4n) is 2.39. The second-order valence-corrected chi connectivity index (χ2v) is 4.63. The van der Waals surface area contributed by atoms with Crippen LogP contribution in [0.25, 0.3) is 28.0 Å². The van der Waals surface area contributed by atoms with Gasteiger partial charge in [0.1, 0.15) is 12.1 Å². The molecule has 0 fully saturated rings. The van der Waals surface area contributed by atoms with Gasteiger partial charge in [-0.15, -0.1) is 0 Å². The Morgan fingerprint density at radius 3 is 2.50 bits per heavy atom. The highest BCUT2D eigenvalue weighted by molar-refractivity contribution is 5.77. The molecule has 20 heavy (non-hydrogen) atoms. The average molecular weight is 260 g/mol. The summed E-state index contributed by atoms with van der Waals surface area (Å²) in [5.41, 5.74) is 4.28. The number of hydrogen-bond donors (Lipinski definition) is 0. The van der Waals surface area contributed by atoms with Gasteiger partial charge in [-0.3, -0.25) is 4.57 Å². The third-order valence-electron chi connectivity index (χ3n) is 3.40. The van der Waals surface area contributed by atoms with Crippen molar-refractivity contribution in [3.8, 4) is 17.0 Å². The van der Waals surface area contributed by atoms with Gasteiger partial charge < -0.3 is 4.42 Å².